The first-order valence-corrected chi connectivity index (χ1v) is 9.00. The van der Waals surface area contributed by atoms with E-state index in [1.54, 1.807) is 57.4 Å². The van der Waals surface area contributed by atoms with Gasteiger partial charge >= 0.3 is 5.97 Å². The Morgan fingerprint density at radius 1 is 1.03 bits per heavy atom. The molecule has 0 radical (unpaired) electrons. The highest BCUT2D eigenvalue weighted by Gasteiger charge is 2.15. The van der Waals surface area contributed by atoms with Crippen molar-refractivity contribution in [1.29, 1.82) is 0 Å². The number of esters is 1. The van der Waals surface area contributed by atoms with Gasteiger partial charge in [-0.3, -0.25) is 14.6 Å². The van der Waals surface area contributed by atoms with Gasteiger partial charge in [-0.15, -0.1) is 0 Å². The van der Waals surface area contributed by atoms with Crippen LogP contribution in [-0.2, 0) is 9.53 Å². The van der Waals surface area contributed by atoms with E-state index in [-0.39, 0.29) is 5.91 Å². The van der Waals surface area contributed by atoms with Crippen molar-refractivity contribution < 1.29 is 19.1 Å². The molecule has 0 aliphatic heterocycles. The van der Waals surface area contributed by atoms with Crippen molar-refractivity contribution >= 4 is 34.4 Å². The molecule has 2 aromatic carbocycles. The van der Waals surface area contributed by atoms with Crippen molar-refractivity contribution in [2.45, 2.75) is 6.92 Å². The van der Waals surface area contributed by atoms with E-state index < -0.39 is 18.5 Å². The number of amides is 2. The van der Waals surface area contributed by atoms with Gasteiger partial charge in [0, 0.05) is 36.4 Å². The van der Waals surface area contributed by atoms with Crippen LogP contribution in [0.3, 0.4) is 0 Å². The number of aromatic nitrogens is 1. The van der Waals surface area contributed by atoms with Gasteiger partial charge in [-0.25, -0.2) is 4.79 Å². The largest absolute Gasteiger partial charge is 0.452 e. The molecule has 1 N–H and O–H groups in total. The van der Waals surface area contributed by atoms with Crippen LogP contribution in [0.2, 0.25) is 0 Å². The number of nitrogens with one attached hydrogen (secondary N) is 1. The number of nitrogens with zero attached hydrogens (tertiary/aromatic N) is 2. The molecule has 148 valence electrons. The van der Waals surface area contributed by atoms with Gasteiger partial charge in [-0.1, -0.05) is 18.2 Å². The molecule has 0 aliphatic carbocycles. The predicted octanol–water partition coefficient (Wildman–Crippen LogP) is 3.04. The fourth-order valence-electron chi connectivity index (χ4n) is 2.84. The Kier molecular flexibility index (Phi) is 5.87. The molecule has 3 rings (SSSR count). The van der Waals surface area contributed by atoms with Crippen molar-refractivity contribution in [3.05, 3.63) is 71.4 Å². The maximum Gasteiger partial charge on any atom is 0.339 e. The fourth-order valence-corrected chi connectivity index (χ4v) is 2.84. The van der Waals surface area contributed by atoms with Gasteiger partial charge in [0.25, 0.3) is 11.8 Å². The number of rotatable bonds is 5. The van der Waals surface area contributed by atoms with E-state index in [4.69, 9.17) is 4.74 Å². The molecule has 7 heteroatoms. The van der Waals surface area contributed by atoms with Crippen LogP contribution >= 0.6 is 0 Å². The lowest BCUT2D eigenvalue weighted by molar-refractivity contribution is -0.119. The average molecular weight is 391 g/mol. The number of fused-ring (bicyclic) bond motifs is 1. The van der Waals surface area contributed by atoms with E-state index in [1.807, 2.05) is 18.2 Å². The quantitative estimate of drug-likeness (QED) is 0.676. The van der Waals surface area contributed by atoms with E-state index in [0.29, 0.717) is 33.4 Å². The van der Waals surface area contributed by atoms with Gasteiger partial charge in [-0.2, -0.15) is 0 Å². The maximum atomic E-state index is 12.5. The number of carbonyl (C=O) groups excluding carboxylic acids is 3. The number of hydrogen-bond acceptors (Lipinski definition) is 5. The molecular weight excluding hydrogens is 370 g/mol. The summed E-state index contributed by atoms with van der Waals surface area (Å²) in [6.07, 6.45) is 0. The second-order valence-electron chi connectivity index (χ2n) is 6.73. The zero-order chi connectivity index (χ0) is 21.0. The second-order valence-corrected chi connectivity index (χ2v) is 6.73. The van der Waals surface area contributed by atoms with Crippen LogP contribution in [0.4, 0.5) is 5.69 Å². The van der Waals surface area contributed by atoms with Crippen LogP contribution in [0.25, 0.3) is 10.9 Å². The van der Waals surface area contributed by atoms with E-state index in [9.17, 15) is 14.4 Å². The second kappa shape index (κ2) is 8.52. The van der Waals surface area contributed by atoms with Crippen molar-refractivity contribution in [2.75, 3.05) is 26.0 Å². The third-order valence-electron chi connectivity index (χ3n) is 4.22. The highest BCUT2D eigenvalue weighted by Crippen LogP contribution is 2.19. The van der Waals surface area contributed by atoms with E-state index in [1.165, 1.54) is 4.90 Å². The van der Waals surface area contributed by atoms with Gasteiger partial charge in [0.1, 0.15) is 0 Å². The number of para-hydroxylation sites is 1. The standard InChI is InChI=1S/C22H21N3O4/c1-14-12-18(17-6-4-5-7-19(17)23-14)22(28)29-13-20(26)24-16-10-8-15(9-11-16)21(27)25(2)3/h4-12H,13H2,1-3H3,(H,24,26). The summed E-state index contributed by atoms with van der Waals surface area (Å²) in [6.45, 7) is 1.37. The lowest BCUT2D eigenvalue weighted by Gasteiger charge is -2.11. The molecule has 7 nitrogen and oxygen atoms in total. The molecule has 0 fully saturated rings. The lowest BCUT2D eigenvalue weighted by atomic mass is 10.1. The highest BCUT2D eigenvalue weighted by molar-refractivity contribution is 6.04. The Hall–Kier alpha value is -3.74. The zero-order valence-corrected chi connectivity index (χ0v) is 16.4. The molecule has 0 saturated heterocycles. The van der Waals surface area contributed by atoms with Crippen molar-refractivity contribution in [1.82, 2.24) is 9.88 Å². The van der Waals surface area contributed by atoms with E-state index >= 15 is 0 Å². The van der Waals surface area contributed by atoms with Crippen LogP contribution < -0.4 is 5.32 Å². The fraction of sp³-hybridized carbons (Fsp3) is 0.182. The van der Waals surface area contributed by atoms with Crippen LogP contribution in [0.1, 0.15) is 26.4 Å². The lowest BCUT2D eigenvalue weighted by Crippen LogP contribution is -2.22. The number of ether oxygens (including phenoxy) is 1. The molecule has 0 aliphatic rings. The van der Waals surface area contributed by atoms with Crippen molar-refractivity contribution in [3.8, 4) is 0 Å². The van der Waals surface area contributed by atoms with Gasteiger partial charge in [0.2, 0.25) is 0 Å². The normalized spacial score (nSPS) is 10.4. The molecule has 3 aromatic rings. The average Bonchev–Trinajstić information content (AvgIpc) is 2.71. The predicted molar refractivity (Wildman–Crippen MR) is 110 cm³/mol. The third-order valence-corrected chi connectivity index (χ3v) is 4.22. The minimum absolute atomic E-state index is 0.128. The minimum atomic E-state index is -0.589. The van der Waals surface area contributed by atoms with E-state index in [2.05, 4.69) is 10.3 Å². The topological polar surface area (TPSA) is 88.6 Å². The molecule has 0 bridgehead atoms. The molecule has 0 atom stereocenters. The molecule has 0 unspecified atom stereocenters. The smallest absolute Gasteiger partial charge is 0.339 e. The number of carbonyl (C=O) groups is 3. The molecule has 29 heavy (non-hydrogen) atoms. The first-order chi connectivity index (χ1) is 13.8. The van der Waals surface area contributed by atoms with Crippen LogP contribution in [0, 0.1) is 6.92 Å². The number of hydrogen-bond donors (Lipinski definition) is 1. The first-order valence-electron chi connectivity index (χ1n) is 9.00. The van der Waals surface area contributed by atoms with Crippen LogP contribution in [0.5, 0.6) is 0 Å². The molecule has 2 amide bonds. The Morgan fingerprint density at radius 2 is 1.72 bits per heavy atom. The highest BCUT2D eigenvalue weighted by atomic mass is 16.5. The monoisotopic (exact) mass is 391 g/mol. The number of pyridine rings is 1. The van der Waals surface area contributed by atoms with E-state index in [0.717, 1.165) is 0 Å². The van der Waals surface area contributed by atoms with Crippen molar-refractivity contribution in [2.24, 2.45) is 0 Å². The maximum absolute atomic E-state index is 12.5. The zero-order valence-electron chi connectivity index (χ0n) is 16.4. The summed E-state index contributed by atoms with van der Waals surface area (Å²) in [5.41, 5.74) is 2.77. The Bertz CT molecular complexity index is 1080. The third kappa shape index (κ3) is 4.76. The van der Waals surface area contributed by atoms with Gasteiger partial charge in [0.05, 0.1) is 11.1 Å². The summed E-state index contributed by atoms with van der Waals surface area (Å²) >= 11 is 0. The summed E-state index contributed by atoms with van der Waals surface area (Å²) in [4.78, 5) is 42.3. The molecule has 0 spiro atoms. The van der Waals surface area contributed by atoms with Gasteiger partial charge in [0.15, 0.2) is 6.61 Å². The van der Waals surface area contributed by atoms with Crippen LogP contribution in [-0.4, -0.2) is 48.4 Å². The summed E-state index contributed by atoms with van der Waals surface area (Å²) in [5, 5.41) is 3.31. The van der Waals surface area contributed by atoms with Gasteiger partial charge in [-0.05, 0) is 43.3 Å². The SMILES string of the molecule is Cc1cc(C(=O)OCC(=O)Nc2ccc(C(=O)N(C)C)cc2)c2ccccc2n1. The molecule has 1 aromatic heterocycles. The first kappa shape index (κ1) is 20.0. The minimum Gasteiger partial charge on any atom is -0.452 e. The molecule has 0 saturated carbocycles. The molecular formula is C22H21N3O4. The number of benzene rings is 2. The van der Waals surface area contributed by atoms with Crippen LogP contribution in [0.15, 0.2) is 54.6 Å². The number of aryl methyl sites for hydroxylation is 1. The summed E-state index contributed by atoms with van der Waals surface area (Å²) in [5.74, 6) is -1.19. The summed E-state index contributed by atoms with van der Waals surface area (Å²) in [7, 11) is 3.33. The Morgan fingerprint density at radius 3 is 2.41 bits per heavy atom. The Labute approximate surface area is 168 Å². The van der Waals surface area contributed by atoms with Crippen molar-refractivity contribution in [3.63, 3.8) is 0 Å². The van der Waals surface area contributed by atoms with Gasteiger partial charge < -0.3 is 15.0 Å². The molecule has 1 heterocycles. The Balaban J connectivity index is 1.63. The summed E-state index contributed by atoms with van der Waals surface area (Å²) < 4.78 is 5.18. The summed E-state index contributed by atoms with van der Waals surface area (Å²) in [6, 6.07) is 15.4. The number of anilines is 1.